The lowest BCUT2D eigenvalue weighted by atomic mass is 10.1. The van der Waals surface area contributed by atoms with E-state index in [1.807, 2.05) is 6.92 Å². The highest BCUT2D eigenvalue weighted by Crippen LogP contribution is 2.38. The number of nitrogens with one attached hydrogen (secondary N) is 2. The lowest BCUT2D eigenvalue weighted by Gasteiger charge is -2.27. The molecule has 1 aliphatic heterocycles. The van der Waals surface area contributed by atoms with E-state index in [9.17, 15) is 23.6 Å². The summed E-state index contributed by atoms with van der Waals surface area (Å²) < 4.78 is 36.3. The van der Waals surface area contributed by atoms with Crippen molar-refractivity contribution in [2.24, 2.45) is 0 Å². The van der Waals surface area contributed by atoms with E-state index in [0.29, 0.717) is 40.4 Å². The number of hydrogen-bond acceptors (Lipinski definition) is 8. The summed E-state index contributed by atoms with van der Waals surface area (Å²) in [6.07, 6.45) is 2.09. The van der Waals surface area contributed by atoms with Crippen molar-refractivity contribution in [2.45, 2.75) is 27.2 Å². The van der Waals surface area contributed by atoms with Gasteiger partial charge >= 0.3 is 6.03 Å². The predicted molar refractivity (Wildman–Crippen MR) is 168 cm³/mol. The van der Waals surface area contributed by atoms with Gasteiger partial charge in [-0.1, -0.05) is 6.92 Å². The van der Waals surface area contributed by atoms with Crippen molar-refractivity contribution in [3.05, 3.63) is 76.0 Å². The highest BCUT2D eigenvalue weighted by molar-refractivity contribution is 9.10. The van der Waals surface area contributed by atoms with E-state index in [-0.39, 0.29) is 36.0 Å². The van der Waals surface area contributed by atoms with Crippen LogP contribution < -0.4 is 34.5 Å². The maximum Gasteiger partial charge on any atom is 0.335 e. The van der Waals surface area contributed by atoms with E-state index in [2.05, 4.69) is 26.6 Å². The number of amides is 5. The monoisotopic (exact) mass is 683 g/mol. The summed E-state index contributed by atoms with van der Waals surface area (Å²) in [6.45, 7) is 6.14. The van der Waals surface area contributed by atoms with Gasteiger partial charge in [0.1, 0.15) is 11.4 Å². The molecule has 2 N–H and O–H groups in total. The molecule has 0 radical (unpaired) electrons. The Bertz CT molecular complexity index is 1630. The molecule has 3 aromatic carbocycles. The van der Waals surface area contributed by atoms with Gasteiger partial charge < -0.3 is 24.3 Å². The van der Waals surface area contributed by atoms with E-state index >= 15 is 0 Å². The predicted octanol–water partition coefficient (Wildman–Crippen LogP) is 5.86. The standard InChI is InChI=1S/C32H31BrFN3O8/c1-4-13-44-25-12-11-22(17-26(25)42-5-2)37-31(40)23(30(39)36-32(37)41)14-19-15-24(33)29(27(16-19)43-6-3)45-18-28(38)35-21-9-7-20(34)8-10-21/h7-12,14-17H,4-6,13,18H2,1-3H3,(H,35,38)(H,36,39,41)/b23-14+. The molecule has 4 rings (SSSR count). The number of ether oxygens (including phenoxy) is 4. The molecule has 1 fully saturated rings. The molecule has 0 bridgehead atoms. The number of carbonyl (C=O) groups excluding carboxylic acids is 4. The normalized spacial score (nSPS) is 13.8. The van der Waals surface area contributed by atoms with Crippen LogP contribution in [0.5, 0.6) is 23.0 Å². The minimum Gasteiger partial charge on any atom is -0.490 e. The zero-order chi connectivity index (χ0) is 32.5. The second-order valence-corrected chi connectivity index (χ2v) is 10.3. The van der Waals surface area contributed by atoms with E-state index in [4.69, 9.17) is 18.9 Å². The molecule has 11 nitrogen and oxygen atoms in total. The Labute approximate surface area is 267 Å². The summed E-state index contributed by atoms with van der Waals surface area (Å²) in [7, 11) is 0. The van der Waals surface area contributed by atoms with Crippen LogP contribution in [0, 0.1) is 5.82 Å². The number of urea groups is 1. The molecule has 0 atom stereocenters. The molecular weight excluding hydrogens is 653 g/mol. The van der Waals surface area contributed by atoms with Gasteiger partial charge in [0.2, 0.25) is 0 Å². The summed E-state index contributed by atoms with van der Waals surface area (Å²) in [4.78, 5) is 52.5. The van der Waals surface area contributed by atoms with E-state index in [0.717, 1.165) is 11.3 Å². The van der Waals surface area contributed by atoms with Gasteiger partial charge in [0.15, 0.2) is 29.6 Å². The Balaban J connectivity index is 1.59. The number of halogens is 2. The van der Waals surface area contributed by atoms with Gasteiger partial charge in [0.05, 0.1) is 30.0 Å². The van der Waals surface area contributed by atoms with E-state index in [1.165, 1.54) is 48.5 Å². The molecular formula is C32H31BrFN3O8. The summed E-state index contributed by atoms with van der Waals surface area (Å²) in [5.41, 5.74) is 0.649. The van der Waals surface area contributed by atoms with E-state index < -0.39 is 29.6 Å². The minimum absolute atomic E-state index is 0.182. The Morgan fingerprint density at radius 2 is 1.62 bits per heavy atom. The first-order valence-electron chi connectivity index (χ1n) is 14.1. The fourth-order valence-corrected chi connectivity index (χ4v) is 4.81. The molecule has 0 aromatic heterocycles. The van der Waals surface area contributed by atoms with Crippen molar-refractivity contribution in [2.75, 3.05) is 36.6 Å². The quantitative estimate of drug-likeness (QED) is 0.169. The average molecular weight is 685 g/mol. The largest absolute Gasteiger partial charge is 0.490 e. The Kier molecular flexibility index (Phi) is 11.1. The molecule has 1 heterocycles. The lowest BCUT2D eigenvalue weighted by molar-refractivity contribution is -0.122. The number of rotatable bonds is 13. The van der Waals surface area contributed by atoms with Crippen LogP contribution in [0.3, 0.4) is 0 Å². The third-order valence-corrected chi connectivity index (χ3v) is 6.76. The zero-order valence-electron chi connectivity index (χ0n) is 24.8. The van der Waals surface area contributed by atoms with Crippen LogP contribution in [-0.2, 0) is 14.4 Å². The number of barbiturate groups is 1. The van der Waals surface area contributed by atoms with Crippen LogP contribution in [-0.4, -0.2) is 50.2 Å². The van der Waals surface area contributed by atoms with Crippen molar-refractivity contribution in [3.8, 4) is 23.0 Å². The Morgan fingerprint density at radius 3 is 2.31 bits per heavy atom. The average Bonchev–Trinajstić information content (AvgIpc) is 3.00. The third kappa shape index (κ3) is 8.18. The number of imide groups is 2. The Hall–Kier alpha value is -4.91. The SMILES string of the molecule is CCCOc1ccc(N2C(=O)NC(=O)/C(=C\c3cc(Br)c(OCC(=O)Nc4ccc(F)cc4)c(OCC)c3)C2=O)cc1OCC. The van der Waals surface area contributed by atoms with Gasteiger partial charge in [-0.05, 0) is 96.4 Å². The summed E-state index contributed by atoms with van der Waals surface area (Å²) in [5, 5.41) is 4.81. The van der Waals surface area contributed by atoms with Crippen LogP contribution in [0.4, 0.5) is 20.6 Å². The highest BCUT2D eigenvalue weighted by atomic mass is 79.9. The van der Waals surface area contributed by atoms with Crippen molar-refractivity contribution >= 4 is 57.1 Å². The number of benzene rings is 3. The second kappa shape index (κ2) is 15.2. The molecule has 0 unspecified atom stereocenters. The van der Waals surface area contributed by atoms with Gasteiger partial charge in [0, 0.05) is 11.8 Å². The molecule has 0 aliphatic carbocycles. The third-order valence-electron chi connectivity index (χ3n) is 6.17. The molecule has 1 aliphatic rings. The molecule has 45 heavy (non-hydrogen) atoms. The summed E-state index contributed by atoms with van der Waals surface area (Å²) in [5.74, 6) is -1.40. The fourth-order valence-electron chi connectivity index (χ4n) is 4.24. The van der Waals surface area contributed by atoms with Gasteiger partial charge in [-0.25, -0.2) is 14.1 Å². The second-order valence-electron chi connectivity index (χ2n) is 9.48. The van der Waals surface area contributed by atoms with Crippen LogP contribution in [0.15, 0.2) is 64.6 Å². The van der Waals surface area contributed by atoms with Gasteiger partial charge in [-0.15, -0.1) is 0 Å². The fraction of sp³-hybridized carbons (Fsp3) is 0.250. The zero-order valence-corrected chi connectivity index (χ0v) is 26.4. The smallest absolute Gasteiger partial charge is 0.335 e. The number of hydrogen-bond donors (Lipinski definition) is 2. The number of nitrogens with zero attached hydrogens (tertiary/aromatic N) is 1. The van der Waals surface area contributed by atoms with Crippen LogP contribution in [0.25, 0.3) is 6.08 Å². The Morgan fingerprint density at radius 1 is 0.911 bits per heavy atom. The van der Waals surface area contributed by atoms with Gasteiger partial charge in [-0.3, -0.25) is 19.7 Å². The first kappa shape index (κ1) is 33.0. The highest BCUT2D eigenvalue weighted by Gasteiger charge is 2.37. The molecule has 13 heteroatoms. The first-order chi connectivity index (χ1) is 21.6. The maximum atomic E-state index is 13.6. The van der Waals surface area contributed by atoms with Crippen molar-refractivity contribution < 1.29 is 42.5 Å². The van der Waals surface area contributed by atoms with Crippen molar-refractivity contribution in [3.63, 3.8) is 0 Å². The molecule has 1 saturated heterocycles. The molecule has 236 valence electrons. The van der Waals surface area contributed by atoms with Crippen LogP contribution >= 0.6 is 15.9 Å². The number of carbonyl (C=O) groups is 4. The van der Waals surface area contributed by atoms with E-state index in [1.54, 1.807) is 26.0 Å². The van der Waals surface area contributed by atoms with Crippen LogP contribution in [0.2, 0.25) is 0 Å². The van der Waals surface area contributed by atoms with Gasteiger partial charge in [0.25, 0.3) is 17.7 Å². The van der Waals surface area contributed by atoms with Gasteiger partial charge in [-0.2, -0.15) is 0 Å². The topological polar surface area (TPSA) is 132 Å². The number of anilines is 2. The first-order valence-corrected chi connectivity index (χ1v) is 14.9. The van der Waals surface area contributed by atoms with Crippen LogP contribution in [0.1, 0.15) is 32.8 Å². The summed E-state index contributed by atoms with van der Waals surface area (Å²) >= 11 is 3.41. The van der Waals surface area contributed by atoms with Crippen molar-refractivity contribution in [1.82, 2.24) is 5.32 Å². The summed E-state index contributed by atoms with van der Waals surface area (Å²) in [6, 6.07) is 12.1. The van der Waals surface area contributed by atoms with Crippen molar-refractivity contribution in [1.29, 1.82) is 0 Å². The molecule has 5 amide bonds. The molecule has 0 saturated carbocycles. The molecule has 0 spiro atoms. The minimum atomic E-state index is -0.911. The molecule has 3 aromatic rings. The lowest BCUT2D eigenvalue weighted by Crippen LogP contribution is -2.54. The maximum absolute atomic E-state index is 13.6.